The summed E-state index contributed by atoms with van der Waals surface area (Å²) in [4.78, 5) is 31.5. The van der Waals surface area contributed by atoms with Crippen LogP contribution in [0.2, 0.25) is 0 Å². The van der Waals surface area contributed by atoms with E-state index in [1.807, 2.05) is 45.0 Å². The van der Waals surface area contributed by atoms with E-state index in [0.29, 0.717) is 5.39 Å². The van der Waals surface area contributed by atoms with Gasteiger partial charge < -0.3 is 5.32 Å². The van der Waals surface area contributed by atoms with Gasteiger partial charge in [-0.3, -0.25) is 14.2 Å². The number of para-hydroxylation sites is 1. The minimum absolute atomic E-state index is 0.172. The summed E-state index contributed by atoms with van der Waals surface area (Å²) < 4.78 is 1.40. The number of nitrogens with zero attached hydrogens (tertiary/aromatic N) is 2. The van der Waals surface area contributed by atoms with Crippen LogP contribution in [0.3, 0.4) is 0 Å². The number of hydrogen-bond acceptors (Lipinski definition) is 4. The summed E-state index contributed by atoms with van der Waals surface area (Å²) in [5, 5.41) is 3.49. The molecule has 0 aliphatic carbocycles. The molecule has 5 nitrogen and oxygen atoms in total. The van der Waals surface area contributed by atoms with Gasteiger partial charge in [-0.1, -0.05) is 18.2 Å². The van der Waals surface area contributed by atoms with Crippen LogP contribution in [0.15, 0.2) is 35.4 Å². The Kier molecular flexibility index (Phi) is 4.24. The number of nitrogens with one attached hydrogen (secondary N) is 1. The van der Waals surface area contributed by atoms with E-state index in [9.17, 15) is 9.59 Å². The number of rotatable bonds is 3. The molecule has 6 heteroatoms. The van der Waals surface area contributed by atoms with Crippen LogP contribution in [0.25, 0.3) is 10.2 Å². The van der Waals surface area contributed by atoms with E-state index >= 15 is 0 Å². The molecule has 0 spiro atoms. The van der Waals surface area contributed by atoms with Gasteiger partial charge in [0.15, 0.2) is 0 Å². The molecular formula is C18H19N3O2S. The second kappa shape index (κ2) is 6.20. The number of aromatic nitrogens is 2. The highest BCUT2D eigenvalue weighted by Gasteiger charge is 2.20. The van der Waals surface area contributed by atoms with Gasteiger partial charge in [-0.05, 0) is 44.9 Å². The van der Waals surface area contributed by atoms with Crippen LogP contribution in [-0.4, -0.2) is 15.5 Å². The highest BCUT2D eigenvalue weighted by Crippen LogP contribution is 2.26. The Balaban J connectivity index is 1.96. The molecule has 0 saturated carbocycles. The molecule has 0 unspecified atom stereocenters. The van der Waals surface area contributed by atoms with Crippen LogP contribution in [0.5, 0.6) is 0 Å². The molecule has 0 aliphatic rings. The molecule has 2 aromatic heterocycles. The molecular weight excluding hydrogens is 322 g/mol. The second-order valence-corrected chi connectivity index (χ2v) is 7.10. The first kappa shape index (κ1) is 16.4. The summed E-state index contributed by atoms with van der Waals surface area (Å²) in [5.41, 5.74) is 2.49. The number of benzene rings is 1. The summed E-state index contributed by atoms with van der Waals surface area (Å²) in [5.74, 6) is -0.239. The molecule has 124 valence electrons. The fraction of sp³-hybridized carbons (Fsp3) is 0.278. The van der Waals surface area contributed by atoms with Gasteiger partial charge in [-0.2, -0.15) is 0 Å². The first-order valence-corrected chi connectivity index (χ1v) is 8.55. The van der Waals surface area contributed by atoms with Crippen LogP contribution < -0.4 is 10.9 Å². The third-order valence-electron chi connectivity index (χ3n) is 4.31. The lowest BCUT2D eigenvalue weighted by atomic mass is 10.2. The number of hydrogen-bond donors (Lipinski definition) is 1. The molecule has 2 heterocycles. The zero-order valence-electron chi connectivity index (χ0n) is 14.1. The molecule has 0 aliphatic heterocycles. The number of carbonyl (C=O) groups is 1. The average Bonchev–Trinajstić information content (AvgIpc) is 2.84. The van der Waals surface area contributed by atoms with Gasteiger partial charge in [0.2, 0.25) is 5.91 Å². The van der Waals surface area contributed by atoms with Crippen molar-refractivity contribution in [3.8, 4) is 0 Å². The summed E-state index contributed by atoms with van der Waals surface area (Å²) in [6.07, 6.45) is 1.46. The fourth-order valence-electron chi connectivity index (χ4n) is 2.60. The molecule has 0 saturated heterocycles. The molecule has 3 aromatic rings. The number of carbonyl (C=O) groups excluding carboxylic acids is 1. The van der Waals surface area contributed by atoms with Crippen LogP contribution in [0.1, 0.15) is 29.0 Å². The Labute approximate surface area is 144 Å². The summed E-state index contributed by atoms with van der Waals surface area (Å²) >= 11 is 1.50. The molecule has 24 heavy (non-hydrogen) atoms. The predicted octanol–water partition coefficient (Wildman–Crippen LogP) is 3.58. The number of aryl methyl sites for hydroxylation is 3. The summed E-state index contributed by atoms with van der Waals surface area (Å²) in [6, 6.07) is 6.91. The quantitative estimate of drug-likeness (QED) is 0.792. The Hall–Kier alpha value is -2.47. The van der Waals surface area contributed by atoms with E-state index in [2.05, 4.69) is 10.3 Å². The minimum atomic E-state index is -0.645. The molecule has 3 rings (SSSR count). The third-order valence-corrected chi connectivity index (χ3v) is 5.43. The maximum absolute atomic E-state index is 12.8. The molecule has 1 aromatic carbocycles. The van der Waals surface area contributed by atoms with Crippen molar-refractivity contribution in [3.05, 3.63) is 57.0 Å². The van der Waals surface area contributed by atoms with Crippen LogP contribution in [-0.2, 0) is 4.79 Å². The van der Waals surface area contributed by atoms with Crippen LogP contribution in [0.4, 0.5) is 5.69 Å². The fourth-order valence-corrected chi connectivity index (χ4v) is 3.59. The van der Waals surface area contributed by atoms with Gasteiger partial charge in [-0.25, -0.2) is 4.98 Å². The number of fused-ring (bicyclic) bond motifs is 1. The van der Waals surface area contributed by atoms with Crippen molar-refractivity contribution in [2.24, 2.45) is 0 Å². The van der Waals surface area contributed by atoms with Crippen molar-refractivity contribution in [1.29, 1.82) is 0 Å². The van der Waals surface area contributed by atoms with E-state index in [4.69, 9.17) is 0 Å². The van der Waals surface area contributed by atoms with Crippen molar-refractivity contribution < 1.29 is 4.79 Å². The molecule has 1 atom stereocenters. The molecule has 1 N–H and O–H groups in total. The van der Waals surface area contributed by atoms with E-state index in [1.165, 1.54) is 22.2 Å². The lowest BCUT2D eigenvalue weighted by molar-refractivity contribution is -0.118. The maximum atomic E-state index is 12.8. The largest absolute Gasteiger partial charge is 0.324 e. The van der Waals surface area contributed by atoms with E-state index in [0.717, 1.165) is 26.5 Å². The van der Waals surface area contributed by atoms with Gasteiger partial charge in [0.05, 0.1) is 11.7 Å². The van der Waals surface area contributed by atoms with Crippen molar-refractivity contribution >= 4 is 33.1 Å². The Morgan fingerprint density at radius 1 is 1.25 bits per heavy atom. The Morgan fingerprint density at radius 2 is 1.96 bits per heavy atom. The van der Waals surface area contributed by atoms with E-state index in [1.54, 1.807) is 6.92 Å². The minimum Gasteiger partial charge on any atom is -0.324 e. The zero-order valence-corrected chi connectivity index (χ0v) is 14.9. The lowest BCUT2D eigenvalue weighted by Gasteiger charge is -2.16. The first-order chi connectivity index (χ1) is 11.4. The van der Waals surface area contributed by atoms with E-state index in [-0.39, 0.29) is 11.5 Å². The predicted molar refractivity (Wildman–Crippen MR) is 97.9 cm³/mol. The lowest BCUT2D eigenvalue weighted by Crippen LogP contribution is -2.32. The smallest absolute Gasteiger partial charge is 0.263 e. The van der Waals surface area contributed by atoms with Gasteiger partial charge >= 0.3 is 0 Å². The number of amides is 1. The van der Waals surface area contributed by atoms with Crippen LogP contribution >= 0.6 is 11.3 Å². The maximum Gasteiger partial charge on any atom is 0.263 e. The SMILES string of the molecule is Cc1ccccc1NC(=O)[C@H](C)n1cnc2sc(C)c(C)c2c1=O. The van der Waals surface area contributed by atoms with Gasteiger partial charge in [0.25, 0.3) is 5.56 Å². The molecule has 0 radical (unpaired) electrons. The molecule has 1 amide bonds. The second-order valence-electron chi connectivity index (χ2n) is 5.90. The highest BCUT2D eigenvalue weighted by atomic mass is 32.1. The number of thiophene rings is 1. The van der Waals surface area contributed by atoms with Crippen molar-refractivity contribution in [2.45, 2.75) is 33.7 Å². The molecule has 0 bridgehead atoms. The van der Waals surface area contributed by atoms with Crippen LogP contribution in [0, 0.1) is 20.8 Å². The van der Waals surface area contributed by atoms with E-state index < -0.39 is 6.04 Å². The number of anilines is 1. The van der Waals surface area contributed by atoms with Crippen molar-refractivity contribution in [3.63, 3.8) is 0 Å². The van der Waals surface area contributed by atoms with Crippen molar-refractivity contribution in [1.82, 2.24) is 9.55 Å². The van der Waals surface area contributed by atoms with Crippen molar-refractivity contribution in [2.75, 3.05) is 5.32 Å². The molecule has 0 fully saturated rings. The standard InChI is InChI=1S/C18H19N3O2S/c1-10-7-5-6-8-14(10)20-16(22)12(3)21-9-19-17-15(18(21)23)11(2)13(4)24-17/h5-9,12H,1-4H3,(H,20,22)/t12-/m0/s1. The van der Waals surface area contributed by atoms with Gasteiger partial charge in [0.1, 0.15) is 10.9 Å². The first-order valence-electron chi connectivity index (χ1n) is 7.73. The van der Waals surface area contributed by atoms with Gasteiger partial charge in [0, 0.05) is 10.6 Å². The Morgan fingerprint density at radius 3 is 2.67 bits per heavy atom. The van der Waals surface area contributed by atoms with Gasteiger partial charge in [-0.15, -0.1) is 11.3 Å². The summed E-state index contributed by atoms with van der Waals surface area (Å²) in [7, 11) is 0. The monoisotopic (exact) mass is 341 g/mol. The Bertz CT molecular complexity index is 988. The normalized spacial score (nSPS) is 12.3. The summed E-state index contributed by atoms with van der Waals surface area (Å²) in [6.45, 7) is 7.52. The topological polar surface area (TPSA) is 64.0 Å². The average molecular weight is 341 g/mol. The third kappa shape index (κ3) is 2.73. The zero-order chi connectivity index (χ0) is 17.4. The highest BCUT2D eigenvalue weighted by molar-refractivity contribution is 7.18.